The maximum absolute atomic E-state index is 10.9. The first-order valence-electron chi connectivity index (χ1n) is 6.41. The summed E-state index contributed by atoms with van der Waals surface area (Å²) in [7, 11) is 0. The number of pyridine rings is 1. The van der Waals surface area contributed by atoms with Gasteiger partial charge in [-0.15, -0.1) is 0 Å². The van der Waals surface area contributed by atoms with Crippen LogP contribution in [0.15, 0.2) is 24.5 Å². The Bertz CT molecular complexity index is 546. The van der Waals surface area contributed by atoms with Crippen molar-refractivity contribution in [2.45, 2.75) is 39.0 Å². The molecule has 2 aromatic heterocycles. The average molecular weight is 246 g/mol. The van der Waals surface area contributed by atoms with Gasteiger partial charge in [0.05, 0.1) is 11.3 Å². The van der Waals surface area contributed by atoms with Crippen LogP contribution in [0.4, 0.5) is 0 Å². The van der Waals surface area contributed by atoms with Gasteiger partial charge in [-0.05, 0) is 25.0 Å². The second-order valence-corrected chi connectivity index (χ2v) is 4.53. The van der Waals surface area contributed by atoms with Crippen molar-refractivity contribution in [3.05, 3.63) is 35.8 Å². The van der Waals surface area contributed by atoms with E-state index < -0.39 is 5.97 Å². The summed E-state index contributed by atoms with van der Waals surface area (Å²) in [5.41, 5.74) is 2.03. The predicted octanol–water partition coefficient (Wildman–Crippen LogP) is 3.16. The Morgan fingerprint density at radius 1 is 1.39 bits per heavy atom. The van der Waals surface area contributed by atoms with Crippen molar-refractivity contribution in [2.24, 2.45) is 0 Å². The van der Waals surface area contributed by atoms with Crippen LogP contribution in [-0.2, 0) is 6.42 Å². The molecule has 0 aliphatic rings. The first kappa shape index (κ1) is 12.6. The van der Waals surface area contributed by atoms with Crippen molar-refractivity contribution in [2.75, 3.05) is 0 Å². The number of imidazole rings is 1. The maximum Gasteiger partial charge on any atom is 0.335 e. The minimum absolute atomic E-state index is 0.283. The van der Waals surface area contributed by atoms with Crippen molar-refractivity contribution >= 4 is 11.6 Å². The second kappa shape index (κ2) is 5.67. The molecule has 4 nitrogen and oxygen atoms in total. The highest BCUT2D eigenvalue weighted by Gasteiger charge is 2.06. The van der Waals surface area contributed by atoms with Gasteiger partial charge >= 0.3 is 5.97 Å². The van der Waals surface area contributed by atoms with Gasteiger partial charge in [-0.1, -0.05) is 26.2 Å². The third-order valence-corrected chi connectivity index (χ3v) is 3.04. The smallest absolute Gasteiger partial charge is 0.335 e. The molecule has 0 saturated carbocycles. The number of aryl methyl sites for hydroxylation is 1. The number of unbranched alkanes of at least 4 members (excludes halogenated alkanes) is 3. The Kier molecular flexibility index (Phi) is 3.97. The summed E-state index contributed by atoms with van der Waals surface area (Å²) in [6.07, 6.45) is 9.55. The molecular weight excluding hydrogens is 228 g/mol. The first-order chi connectivity index (χ1) is 8.70. The lowest BCUT2D eigenvalue weighted by molar-refractivity contribution is 0.0697. The fraction of sp³-hybridized carbons (Fsp3) is 0.429. The summed E-state index contributed by atoms with van der Waals surface area (Å²) in [5, 5.41) is 8.91. The fourth-order valence-corrected chi connectivity index (χ4v) is 2.02. The standard InChI is InChI=1S/C14H18N2O2/c1-2-3-4-5-6-12-10-16-8-7-11(14(17)18)9-13(16)15-12/h7-10H,2-6H2,1H3,(H,17,18). The van der Waals surface area contributed by atoms with Crippen LogP contribution in [0.5, 0.6) is 0 Å². The molecule has 0 radical (unpaired) electrons. The lowest BCUT2D eigenvalue weighted by atomic mass is 10.1. The molecule has 0 unspecified atom stereocenters. The molecule has 2 aromatic rings. The highest BCUT2D eigenvalue weighted by atomic mass is 16.4. The van der Waals surface area contributed by atoms with Crippen molar-refractivity contribution in [3.8, 4) is 0 Å². The van der Waals surface area contributed by atoms with E-state index in [-0.39, 0.29) is 5.56 Å². The number of aromatic carboxylic acids is 1. The molecule has 0 saturated heterocycles. The summed E-state index contributed by atoms with van der Waals surface area (Å²) >= 11 is 0. The van der Waals surface area contributed by atoms with Crippen LogP contribution in [-0.4, -0.2) is 20.5 Å². The number of hydrogen-bond acceptors (Lipinski definition) is 2. The molecule has 0 amide bonds. The third kappa shape index (κ3) is 2.88. The monoisotopic (exact) mass is 246 g/mol. The Morgan fingerprint density at radius 3 is 2.94 bits per heavy atom. The summed E-state index contributed by atoms with van der Waals surface area (Å²) in [6, 6.07) is 3.20. The summed E-state index contributed by atoms with van der Waals surface area (Å²) in [5.74, 6) is -0.912. The van der Waals surface area contributed by atoms with Gasteiger partial charge in [0.15, 0.2) is 0 Å². The third-order valence-electron chi connectivity index (χ3n) is 3.04. The minimum Gasteiger partial charge on any atom is -0.478 e. The van der Waals surface area contributed by atoms with Crippen LogP contribution in [0.3, 0.4) is 0 Å². The van der Waals surface area contributed by atoms with Gasteiger partial charge in [-0.25, -0.2) is 9.78 Å². The number of carboxylic acids is 1. The molecular formula is C14H18N2O2. The zero-order valence-electron chi connectivity index (χ0n) is 10.6. The van der Waals surface area contributed by atoms with E-state index in [0.29, 0.717) is 5.65 Å². The topological polar surface area (TPSA) is 54.6 Å². The molecule has 2 heterocycles. The number of carboxylic acid groups (broad SMARTS) is 1. The van der Waals surface area contributed by atoms with Crippen LogP contribution in [0.2, 0.25) is 0 Å². The SMILES string of the molecule is CCCCCCc1cn2ccc(C(=O)O)cc2n1. The van der Waals surface area contributed by atoms with E-state index in [0.717, 1.165) is 18.5 Å². The highest BCUT2D eigenvalue weighted by Crippen LogP contribution is 2.11. The van der Waals surface area contributed by atoms with E-state index in [1.807, 2.05) is 10.6 Å². The Labute approximate surface area is 106 Å². The van der Waals surface area contributed by atoms with E-state index in [1.54, 1.807) is 18.3 Å². The maximum atomic E-state index is 10.9. The number of fused-ring (bicyclic) bond motifs is 1. The molecule has 0 spiro atoms. The second-order valence-electron chi connectivity index (χ2n) is 4.53. The van der Waals surface area contributed by atoms with Crippen LogP contribution >= 0.6 is 0 Å². The van der Waals surface area contributed by atoms with Crippen molar-refractivity contribution < 1.29 is 9.90 Å². The Morgan fingerprint density at radius 2 is 2.22 bits per heavy atom. The molecule has 0 atom stereocenters. The van der Waals surface area contributed by atoms with Gasteiger partial charge in [0.25, 0.3) is 0 Å². The van der Waals surface area contributed by atoms with E-state index in [1.165, 1.54) is 19.3 Å². The molecule has 2 rings (SSSR count). The molecule has 0 aliphatic carbocycles. The number of rotatable bonds is 6. The van der Waals surface area contributed by atoms with Gasteiger partial charge in [0.2, 0.25) is 0 Å². The fourth-order valence-electron chi connectivity index (χ4n) is 2.02. The number of hydrogen-bond donors (Lipinski definition) is 1. The summed E-state index contributed by atoms with van der Waals surface area (Å²) in [4.78, 5) is 15.3. The van der Waals surface area contributed by atoms with Crippen LogP contribution in [0.1, 0.15) is 48.7 Å². The lowest BCUT2D eigenvalue weighted by Gasteiger charge is -1.95. The van der Waals surface area contributed by atoms with Gasteiger partial charge in [0, 0.05) is 12.4 Å². The summed E-state index contributed by atoms with van der Waals surface area (Å²) in [6.45, 7) is 2.19. The minimum atomic E-state index is -0.912. The largest absolute Gasteiger partial charge is 0.478 e. The van der Waals surface area contributed by atoms with E-state index >= 15 is 0 Å². The number of nitrogens with zero attached hydrogens (tertiary/aromatic N) is 2. The van der Waals surface area contributed by atoms with Crippen LogP contribution in [0.25, 0.3) is 5.65 Å². The normalized spacial score (nSPS) is 10.9. The molecule has 0 aromatic carbocycles. The van der Waals surface area contributed by atoms with E-state index in [9.17, 15) is 4.79 Å². The molecule has 18 heavy (non-hydrogen) atoms. The molecule has 0 aliphatic heterocycles. The lowest BCUT2D eigenvalue weighted by Crippen LogP contribution is -1.96. The van der Waals surface area contributed by atoms with Crippen molar-refractivity contribution in [1.82, 2.24) is 9.38 Å². The molecule has 96 valence electrons. The Hall–Kier alpha value is -1.84. The first-order valence-corrected chi connectivity index (χ1v) is 6.41. The quantitative estimate of drug-likeness (QED) is 0.796. The van der Waals surface area contributed by atoms with Gasteiger partial charge in [0.1, 0.15) is 5.65 Å². The molecule has 0 bridgehead atoms. The molecule has 1 N–H and O–H groups in total. The number of carbonyl (C=O) groups is 1. The zero-order valence-corrected chi connectivity index (χ0v) is 10.6. The van der Waals surface area contributed by atoms with Gasteiger partial charge in [-0.2, -0.15) is 0 Å². The van der Waals surface area contributed by atoms with Gasteiger partial charge in [-0.3, -0.25) is 0 Å². The highest BCUT2D eigenvalue weighted by molar-refractivity contribution is 5.88. The van der Waals surface area contributed by atoms with Crippen LogP contribution < -0.4 is 0 Å². The van der Waals surface area contributed by atoms with E-state index in [2.05, 4.69) is 11.9 Å². The molecule has 0 fully saturated rings. The number of aromatic nitrogens is 2. The van der Waals surface area contributed by atoms with Crippen LogP contribution in [0, 0.1) is 0 Å². The zero-order chi connectivity index (χ0) is 13.0. The predicted molar refractivity (Wildman–Crippen MR) is 70.0 cm³/mol. The average Bonchev–Trinajstić information content (AvgIpc) is 2.76. The van der Waals surface area contributed by atoms with E-state index in [4.69, 9.17) is 5.11 Å². The van der Waals surface area contributed by atoms with Crippen molar-refractivity contribution in [1.29, 1.82) is 0 Å². The Balaban J connectivity index is 2.09. The molecule has 4 heteroatoms. The van der Waals surface area contributed by atoms with Crippen molar-refractivity contribution in [3.63, 3.8) is 0 Å². The van der Waals surface area contributed by atoms with Gasteiger partial charge < -0.3 is 9.51 Å². The summed E-state index contributed by atoms with van der Waals surface area (Å²) < 4.78 is 1.88.